The second kappa shape index (κ2) is 8.57. The van der Waals surface area contributed by atoms with Crippen LogP contribution in [0.1, 0.15) is 25.9 Å². The molecule has 5 heterocycles. The van der Waals surface area contributed by atoms with E-state index >= 15 is 0 Å². The van der Waals surface area contributed by atoms with Gasteiger partial charge >= 0.3 is 0 Å². The van der Waals surface area contributed by atoms with Crippen LogP contribution >= 0.6 is 11.3 Å². The number of rotatable bonds is 4. The smallest absolute Gasteiger partial charge is 0.277 e. The van der Waals surface area contributed by atoms with Gasteiger partial charge in [-0.25, -0.2) is 4.98 Å². The molecule has 1 saturated heterocycles. The fourth-order valence-electron chi connectivity index (χ4n) is 4.19. The molecule has 4 aromatic rings. The van der Waals surface area contributed by atoms with Crippen molar-refractivity contribution in [2.45, 2.75) is 20.8 Å². The van der Waals surface area contributed by atoms with Crippen LogP contribution in [-0.2, 0) is 0 Å². The molecular formula is C24H27N7OS. The predicted molar refractivity (Wildman–Crippen MR) is 132 cm³/mol. The summed E-state index contributed by atoms with van der Waals surface area (Å²) >= 11 is 1.77. The summed E-state index contributed by atoms with van der Waals surface area (Å²) in [6, 6.07) is 10.0. The molecular weight excluding hydrogens is 434 g/mol. The van der Waals surface area contributed by atoms with E-state index in [4.69, 9.17) is 0 Å². The molecule has 0 radical (unpaired) electrons. The minimum Gasteiger partial charge on any atom is -0.353 e. The van der Waals surface area contributed by atoms with Gasteiger partial charge in [0, 0.05) is 53.4 Å². The summed E-state index contributed by atoms with van der Waals surface area (Å²) in [6.45, 7) is 10.1. The van der Waals surface area contributed by atoms with E-state index in [1.54, 1.807) is 23.6 Å². The van der Waals surface area contributed by atoms with Gasteiger partial charge in [0.15, 0.2) is 11.6 Å². The average Bonchev–Trinajstić information content (AvgIpc) is 3.39. The standard InChI is InChI=1S/C24H27N7OS/c1-15-5-6-18(19-13-16(2)33-17(19)3)23-25-20(14-31(15)23)24(32)26-21-7-8-22(28-27-21)30-11-9-29(4)10-12-30/h5-8,13-14H,9-12H2,1-4H3,(H,26,27,32). The summed E-state index contributed by atoms with van der Waals surface area (Å²) in [4.78, 5) is 24.7. The molecule has 0 spiro atoms. The zero-order valence-corrected chi connectivity index (χ0v) is 20.1. The lowest BCUT2D eigenvalue weighted by molar-refractivity contribution is 0.102. The highest BCUT2D eigenvalue weighted by molar-refractivity contribution is 7.12. The largest absolute Gasteiger partial charge is 0.353 e. The summed E-state index contributed by atoms with van der Waals surface area (Å²) < 4.78 is 1.97. The van der Waals surface area contributed by atoms with Gasteiger partial charge in [-0.05, 0) is 63.7 Å². The summed E-state index contributed by atoms with van der Waals surface area (Å²) in [5.41, 5.74) is 4.32. The highest BCUT2D eigenvalue weighted by atomic mass is 32.1. The first-order chi connectivity index (χ1) is 15.9. The molecule has 1 fully saturated rings. The monoisotopic (exact) mass is 461 g/mol. The van der Waals surface area contributed by atoms with Gasteiger partial charge in [0.2, 0.25) is 0 Å². The lowest BCUT2D eigenvalue weighted by Gasteiger charge is -2.32. The number of amides is 1. The molecule has 0 aliphatic carbocycles. The number of aryl methyl sites for hydroxylation is 3. The number of piperazine rings is 1. The average molecular weight is 462 g/mol. The van der Waals surface area contributed by atoms with Gasteiger partial charge in [-0.15, -0.1) is 21.5 Å². The lowest BCUT2D eigenvalue weighted by atomic mass is 10.1. The fraction of sp³-hybridized carbons (Fsp3) is 0.333. The highest BCUT2D eigenvalue weighted by Gasteiger charge is 2.19. The Morgan fingerprint density at radius 3 is 2.45 bits per heavy atom. The van der Waals surface area contributed by atoms with Crippen molar-refractivity contribution in [1.82, 2.24) is 24.5 Å². The Morgan fingerprint density at radius 2 is 1.79 bits per heavy atom. The number of pyridine rings is 1. The number of carbonyl (C=O) groups is 1. The van der Waals surface area contributed by atoms with Crippen molar-refractivity contribution in [3.63, 3.8) is 0 Å². The molecule has 8 nitrogen and oxygen atoms in total. The summed E-state index contributed by atoms with van der Waals surface area (Å²) in [5, 5.41) is 11.4. The zero-order valence-electron chi connectivity index (χ0n) is 19.3. The number of anilines is 2. The fourth-order valence-corrected chi connectivity index (χ4v) is 5.13. The lowest BCUT2D eigenvalue weighted by Crippen LogP contribution is -2.44. The zero-order chi connectivity index (χ0) is 23.1. The van der Waals surface area contributed by atoms with E-state index in [9.17, 15) is 4.79 Å². The summed E-state index contributed by atoms with van der Waals surface area (Å²) in [6.07, 6.45) is 1.78. The van der Waals surface area contributed by atoms with Crippen LogP contribution in [0.4, 0.5) is 11.6 Å². The number of hydrogen-bond acceptors (Lipinski definition) is 7. The van der Waals surface area contributed by atoms with Gasteiger partial charge in [0.1, 0.15) is 11.3 Å². The SMILES string of the molecule is Cc1cc(-c2ccc(C)n3cc(C(=O)Nc4ccc(N5CCN(C)CC5)nn4)nc23)c(C)s1. The second-order valence-electron chi connectivity index (χ2n) is 8.56. The van der Waals surface area contributed by atoms with Crippen molar-refractivity contribution in [3.05, 3.63) is 57.7 Å². The van der Waals surface area contributed by atoms with Gasteiger partial charge in [0.25, 0.3) is 5.91 Å². The molecule has 9 heteroatoms. The normalized spacial score (nSPS) is 14.7. The maximum absolute atomic E-state index is 13.0. The van der Waals surface area contributed by atoms with Crippen molar-refractivity contribution >= 4 is 34.5 Å². The van der Waals surface area contributed by atoms with Crippen molar-refractivity contribution in [1.29, 1.82) is 0 Å². The van der Waals surface area contributed by atoms with Crippen LogP contribution in [0.25, 0.3) is 16.8 Å². The van der Waals surface area contributed by atoms with Crippen molar-refractivity contribution in [3.8, 4) is 11.1 Å². The Balaban J connectivity index is 1.38. The third-order valence-electron chi connectivity index (χ3n) is 6.10. The Labute approximate surface area is 196 Å². The number of imidazole rings is 1. The van der Waals surface area contributed by atoms with E-state index in [0.717, 1.165) is 54.5 Å². The first-order valence-electron chi connectivity index (χ1n) is 11.0. The number of thiophene rings is 1. The van der Waals surface area contributed by atoms with Gasteiger partial charge in [-0.1, -0.05) is 0 Å². The van der Waals surface area contributed by atoms with Crippen molar-refractivity contribution in [2.24, 2.45) is 0 Å². The molecule has 0 saturated carbocycles. The van der Waals surface area contributed by atoms with Gasteiger partial charge in [-0.3, -0.25) is 4.79 Å². The number of likely N-dealkylation sites (N-methyl/N-ethyl adjacent to an activating group) is 1. The van der Waals surface area contributed by atoms with E-state index in [2.05, 4.69) is 69.4 Å². The molecule has 1 amide bonds. The van der Waals surface area contributed by atoms with E-state index < -0.39 is 0 Å². The molecule has 4 aromatic heterocycles. The van der Waals surface area contributed by atoms with Crippen LogP contribution in [-0.4, -0.2) is 63.6 Å². The molecule has 0 atom stereocenters. The van der Waals surface area contributed by atoms with Gasteiger partial charge in [0.05, 0.1) is 0 Å². The molecule has 0 bridgehead atoms. The molecule has 1 aliphatic heterocycles. The maximum atomic E-state index is 13.0. The molecule has 5 rings (SSSR count). The molecule has 0 unspecified atom stereocenters. The predicted octanol–water partition coefficient (Wildman–Crippen LogP) is 3.78. The van der Waals surface area contributed by atoms with Crippen LogP contribution in [0.2, 0.25) is 0 Å². The summed E-state index contributed by atoms with van der Waals surface area (Å²) in [7, 11) is 2.12. The minimum absolute atomic E-state index is 0.302. The second-order valence-corrected chi connectivity index (χ2v) is 10.0. The van der Waals surface area contributed by atoms with Crippen molar-refractivity contribution < 1.29 is 4.79 Å². The molecule has 170 valence electrons. The van der Waals surface area contributed by atoms with E-state index in [1.165, 1.54) is 9.75 Å². The van der Waals surface area contributed by atoms with Crippen LogP contribution in [0.15, 0.2) is 36.5 Å². The van der Waals surface area contributed by atoms with Crippen LogP contribution < -0.4 is 10.2 Å². The minimum atomic E-state index is -0.302. The van der Waals surface area contributed by atoms with Crippen LogP contribution in [0, 0.1) is 20.8 Å². The third-order valence-corrected chi connectivity index (χ3v) is 7.07. The van der Waals surface area contributed by atoms with Crippen molar-refractivity contribution in [2.75, 3.05) is 43.4 Å². The molecule has 33 heavy (non-hydrogen) atoms. The number of nitrogens with zero attached hydrogens (tertiary/aromatic N) is 6. The highest BCUT2D eigenvalue weighted by Crippen LogP contribution is 2.33. The Morgan fingerprint density at radius 1 is 1.00 bits per heavy atom. The van der Waals surface area contributed by atoms with E-state index in [-0.39, 0.29) is 5.91 Å². The van der Waals surface area contributed by atoms with E-state index in [0.29, 0.717) is 11.5 Å². The molecule has 0 aromatic carbocycles. The quantitative estimate of drug-likeness (QED) is 0.498. The summed E-state index contributed by atoms with van der Waals surface area (Å²) in [5.74, 6) is 0.940. The number of fused-ring (bicyclic) bond motifs is 1. The number of nitrogens with one attached hydrogen (secondary N) is 1. The first-order valence-corrected chi connectivity index (χ1v) is 11.9. The molecule has 1 N–H and O–H groups in total. The number of aromatic nitrogens is 4. The van der Waals surface area contributed by atoms with Crippen LogP contribution in [0.3, 0.4) is 0 Å². The van der Waals surface area contributed by atoms with Crippen LogP contribution in [0.5, 0.6) is 0 Å². The van der Waals surface area contributed by atoms with Gasteiger partial charge in [-0.2, -0.15) is 0 Å². The van der Waals surface area contributed by atoms with E-state index in [1.807, 2.05) is 17.4 Å². The molecule has 1 aliphatic rings. The Hall–Kier alpha value is -3.30. The third kappa shape index (κ3) is 4.21. The topological polar surface area (TPSA) is 78.7 Å². The number of hydrogen-bond donors (Lipinski definition) is 1. The maximum Gasteiger partial charge on any atom is 0.277 e. The number of carbonyl (C=O) groups excluding carboxylic acids is 1. The van der Waals surface area contributed by atoms with Gasteiger partial charge < -0.3 is 19.5 Å². The Bertz CT molecular complexity index is 1320. The Kier molecular flexibility index (Phi) is 5.59. The first kappa shape index (κ1) is 21.5.